The molecule has 1 aliphatic rings. The molecule has 1 N–H and O–H groups in total. The summed E-state index contributed by atoms with van der Waals surface area (Å²) in [5.74, 6) is 0.208. The average Bonchev–Trinajstić information content (AvgIpc) is 2.86. The van der Waals surface area contributed by atoms with Crippen LogP contribution in [0, 0.1) is 0 Å². The van der Waals surface area contributed by atoms with E-state index in [-0.39, 0.29) is 16.2 Å². The summed E-state index contributed by atoms with van der Waals surface area (Å²) in [6, 6.07) is 3.16. The molecule has 0 spiro atoms. The Morgan fingerprint density at radius 2 is 1.91 bits per heavy atom. The second kappa shape index (κ2) is 6.17. The number of piperidine rings is 1. The van der Waals surface area contributed by atoms with Crippen molar-refractivity contribution in [3.63, 3.8) is 0 Å². The summed E-state index contributed by atoms with van der Waals surface area (Å²) in [5.41, 5.74) is -0.508. The predicted octanol–water partition coefficient (Wildman–Crippen LogP) is 3.11. The number of ether oxygens (including phenoxy) is 1. The fraction of sp³-hybridized carbons (Fsp3) is 0.643. The summed E-state index contributed by atoms with van der Waals surface area (Å²) < 4.78 is 36.6. The summed E-state index contributed by atoms with van der Waals surface area (Å²) in [5, 5.41) is 0. The summed E-state index contributed by atoms with van der Waals surface area (Å²) in [6.07, 6.45) is 1.20. The number of thiophene rings is 1. The maximum absolute atomic E-state index is 12.0. The first-order valence-electron chi connectivity index (χ1n) is 7.11. The van der Waals surface area contributed by atoms with Gasteiger partial charge >= 0.3 is 16.2 Å². The Kier molecular flexibility index (Phi) is 4.84. The number of carbonyl (C=O) groups is 1. The van der Waals surface area contributed by atoms with E-state index in [1.807, 2.05) is 20.8 Å². The first kappa shape index (κ1) is 17.2. The van der Waals surface area contributed by atoms with Gasteiger partial charge in [-0.25, -0.2) is 4.79 Å². The molecule has 2 heterocycles. The van der Waals surface area contributed by atoms with Crippen molar-refractivity contribution in [3.05, 3.63) is 17.0 Å². The molecule has 0 unspecified atom stereocenters. The molecule has 0 aromatic carbocycles. The van der Waals surface area contributed by atoms with Crippen LogP contribution in [0.25, 0.3) is 0 Å². The van der Waals surface area contributed by atoms with Crippen molar-refractivity contribution < 1.29 is 22.5 Å². The SMILES string of the molecule is CC(C)(C)OC(=O)N1CCC(c2ccc(S(=O)(=O)O)s2)CC1. The van der Waals surface area contributed by atoms with Crippen LogP contribution in [0.1, 0.15) is 44.4 Å². The quantitative estimate of drug-likeness (QED) is 0.831. The van der Waals surface area contributed by atoms with E-state index in [4.69, 9.17) is 9.29 Å². The van der Waals surface area contributed by atoms with E-state index in [0.29, 0.717) is 13.1 Å². The van der Waals surface area contributed by atoms with Gasteiger partial charge in [-0.2, -0.15) is 8.42 Å². The minimum atomic E-state index is -4.13. The zero-order valence-corrected chi connectivity index (χ0v) is 14.5. The average molecular weight is 347 g/mol. The molecule has 0 radical (unpaired) electrons. The van der Waals surface area contributed by atoms with Crippen LogP contribution in [-0.4, -0.2) is 42.7 Å². The second-order valence-electron chi connectivity index (χ2n) is 6.37. The lowest BCUT2D eigenvalue weighted by Gasteiger charge is -2.33. The van der Waals surface area contributed by atoms with E-state index in [9.17, 15) is 13.2 Å². The Hall–Kier alpha value is -1.12. The molecule has 1 aliphatic heterocycles. The molecule has 6 nitrogen and oxygen atoms in total. The monoisotopic (exact) mass is 347 g/mol. The number of amides is 1. The van der Waals surface area contributed by atoms with Gasteiger partial charge in [-0.05, 0) is 51.7 Å². The van der Waals surface area contributed by atoms with Gasteiger partial charge in [-0.15, -0.1) is 11.3 Å². The van der Waals surface area contributed by atoms with Gasteiger partial charge < -0.3 is 9.64 Å². The van der Waals surface area contributed by atoms with Crippen LogP contribution < -0.4 is 0 Å². The fourth-order valence-electron chi connectivity index (χ4n) is 2.37. The van der Waals surface area contributed by atoms with Crippen LogP contribution in [0.2, 0.25) is 0 Å². The highest BCUT2D eigenvalue weighted by Gasteiger charge is 2.28. The van der Waals surface area contributed by atoms with E-state index < -0.39 is 15.7 Å². The van der Waals surface area contributed by atoms with Gasteiger partial charge in [0.1, 0.15) is 9.81 Å². The predicted molar refractivity (Wildman–Crippen MR) is 83.9 cm³/mol. The molecule has 1 aromatic heterocycles. The Bertz CT molecular complexity index is 636. The molecular formula is C14H21NO5S2. The highest BCUT2D eigenvalue weighted by molar-refractivity contribution is 7.88. The smallest absolute Gasteiger partial charge is 0.410 e. The Morgan fingerprint density at radius 1 is 1.32 bits per heavy atom. The Labute approximate surface area is 134 Å². The maximum atomic E-state index is 12.0. The minimum Gasteiger partial charge on any atom is -0.444 e. The molecule has 0 atom stereocenters. The van der Waals surface area contributed by atoms with Crippen LogP contribution >= 0.6 is 11.3 Å². The number of nitrogens with zero attached hydrogens (tertiary/aromatic N) is 1. The van der Waals surface area contributed by atoms with Crippen molar-refractivity contribution in [2.24, 2.45) is 0 Å². The molecule has 0 aliphatic carbocycles. The van der Waals surface area contributed by atoms with E-state index in [2.05, 4.69) is 0 Å². The van der Waals surface area contributed by atoms with Gasteiger partial charge in [0.25, 0.3) is 0 Å². The van der Waals surface area contributed by atoms with Gasteiger partial charge in [-0.1, -0.05) is 0 Å². The standard InChI is InChI=1S/C14H21NO5S2/c1-14(2,3)20-13(16)15-8-6-10(7-9-15)11-4-5-12(21-11)22(17,18)19/h4-5,10H,6-9H2,1-3H3,(H,17,18,19). The molecule has 124 valence electrons. The van der Waals surface area contributed by atoms with Crippen LogP contribution in [0.3, 0.4) is 0 Å². The van der Waals surface area contributed by atoms with Crippen LogP contribution in [0.15, 0.2) is 16.3 Å². The number of hydrogen-bond donors (Lipinski definition) is 1. The summed E-state index contributed by atoms with van der Waals surface area (Å²) >= 11 is 1.09. The van der Waals surface area contributed by atoms with E-state index in [0.717, 1.165) is 29.1 Å². The molecule has 1 amide bonds. The molecule has 1 aromatic rings. The number of carbonyl (C=O) groups excluding carboxylic acids is 1. The van der Waals surface area contributed by atoms with E-state index in [1.165, 1.54) is 6.07 Å². The first-order valence-corrected chi connectivity index (χ1v) is 9.37. The highest BCUT2D eigenvalue weighted by Crippen LogP contribution is 2.34. The van der Waals surface area contributed by atoms with Crippen molar-refractivity contribution in [2.45, 2.75) is 49.3 Å². The molecule has 8 heteroatoms. The lowest BCUT2D eigenvalue weighted by atomic mass is 9.95. The van der Waals surface area contributed by atoms with Crippen molar-refractivity contribution in [2.75, 3.05) is 13.1 Å². The zero-order valence-electron chi connectivity index (χ0n) is 12.9. The van der Waals surface area contributed by atoms with E-state index in [1.54, 1.807) is 11.0 Å². The van der Waals surface area contributed by atoms with Crippen molar-refractivity contribution in [3.8, 4) is 0 Å². The van der Waals surface area contributed by atoms with E-state index >= 15 is 0 Å². The number of likely N-dealkylation sites (tertiary alicyclic amines) is 1. The molecule has 22 heavy (non-hydrogen) atoms. The third kappa shape index (κ3) is 4.44. The van der Waals surface area contributed by atoms with Crippen LogP contribution in [0.5, 0.6) is 0 Å². The third-order valence-corrected chi connectivity index (χ3v) is 5.97. The summed E-state index contributed by atoms with van der Waals surface area (Å²) in [4.78, 5) is 14.6. The Balaban J connectivity index is 1.95. The summed E-state index contributed by atoms with van der Waals surface area (Å²) in [7, 11) is -4.13. The highest BCUT2D eigenvalue weighted by atomic mass is 32.3. The fourth-order valence-corrected chi connectivity index (χ4v) is 4.22. The molecular weight excluding hydrogens is 326 g/mol. The molecule has 2 rings (SSSR count). The summed E-state index contributed by atoms with van der Waals surface area (Å²) in [6.45, 7) is 6.66. The van der Waals surface area contributed by atoms with Crippen LogP contribution in [-0.2, 0) is 14.9 Å². The molecule has 1 fully saturated rings. The topological polar surface area (TPSA) is 83.9 Å². The van der Waals surface area contributed by atoms with Gasteiger partial charge in [0.15, 0.2) is 0 Å². The Morgan fingerprint density at radius 3 is 2.36 bits per heavy atom. The maximum Gasteiger partial charge on any atom is 0.410 e. The lowest BCUT2D eigenvalue weighted by molar-refractivity contribution is 0.0205. The van der Waals surface area contributed by atoms with Gasteiger partial charge in [0.2, 0.25) is 0 Å². The van der Waals surface area contributed by atoms with Gasteiger partial charge in [0.05, 0.1) is 0 Å². The molecule has 0 bridgehead atoms. The lowest BCUT2D eigenvalue weighted by Crippen LogP contribution is -2.41. The van der Waals surface area contributed by atoms with Gasteiger partial charge in [0, 0.05) is 18.0 Å². The minimum absolute atomic E-state index is 0.0305. The number of rotatable bonds is 2. The van der Waals surface area contributed by atoms with Gasteiger partial charge in [-0.3, -0.25) is 4.55 Å². The molecule has 1 saturated heterocycles. The third-order valence-electron chi connectivity index (χ3n) is 3.41. The second-order valence-corrected chi connectivity index (χ2v) is 9.14. The zero-order chi connectivity index (χ0) is 16.5. The van der Waals surface area contributed by atoms with Crippen molar-refractivity contribution in [1.29, 1.82) is 0 Å². The molecule has 0 saturated carbocycles. The first-order chi connectivity index (χ1) is 10.1. The largest absolute Gasteiger partial charge is 0.444 e. The number of hydrogen-bond acceptors (Lipinski definition) is 5. The van der Waals surface area contributed by atoms with Crippen molar-refractivity contribution >= 4 is 27.5 Å². The van der Waals surface area contributed by atoms with Crippen LogP contribution in [0.4, 0.5) is 4.79 Å². The van der Waals surface area contributed by atoms with Crippen molar-refractivity contribution in [1.82, 2.24) is 4.90 Å². The normalized spacial score (nSPS) is 17.5.